The minimum Gasteiger partial charge on any atom is -0.470 e. The number of pyridine rings is 1. The van der Waals surface area contributed by atoms with Gasteiger partial charge in [0.2, 0.25) is 5.88 Å². The van der Waals surface area contributed by atoms with Crippen molar-refractivity contribution in [2.45, 2.75) is 19.3 Å². The number of ether oxygens (including phenoxy) is 2. The van der Waals surface area contributed by atoms with Crippen molar-refractivity contribution in [1.29, 1.82) is 0 Å². The van der Waals surface area contributed by atoms with E-state index in [2.05, 4.69) is 10.3 Å². The second kappa shape index (κ2) is 6.66. The van der Waals surface area contributed by atoms with Crippen molar-refractivity contribution in [3.8, 4) is 5.88 Å². The van der Waals surface area contributed by atoms with Crippen LogP contribution in [0.4, 0.5) is 19.3 Å². The number of hydrogen-bond donors (Lipinski definition) is 1. The average Bonchev–Trinajstić information content (AvgIpc) is 3.17. The van der Waals surface area contributed by atoms with Gasteiger partial charge in [-0.1, -0.05) is 0 Å². The van der Waals surface area contributed by atoms with Gasteiger partial charge in [0.1, 0.15) is 5.69 Å². The van der Waals surface area contributed by atoms with E-state index in [4.69, 9.17) is 9.47 Å². The van der Waals surface area contributed by atoms with Gasteiger partial charge in [0.05, 0.1) is 6.61 Å². The van der Waals surface area contributed by atoms with E-state index in [0.29, 0.717) is 25.4 Å². The molecule has 1 unspecified atom stereocenters. The number of alkyl halides is 2. The van der Waals surface area contributed by atoms with Crippen molar-refractivity contribution >= 4 is 11.7 Å². The monoisotopic (exact) mass is 327 g/mol. The van der Waals surface area contributed by atoms with Gasteiger partial charge in [-0.05, 0) is 25.0 Å². The van der Waals surface area contributed by atoms with Gasteiger partial charge in [0.15, 0.2) is 6.61 Å². The number of aromatic nitrogens is 1. The fraction of sp³-hybridized carbons (Fsp3) is 0.600. The zero-order valence-corrected chi connectivity index (χ0v) is 12.6. The zero-order valence-electron chi connectivity index (χ0n) is 12.6. The molecule has 2 aliphatic heterocycles. The van der Waals surface area contributed by atoms with E-state index in [9.17, 15) is 13.6 Å². The maximum atomic E-state index is 12.4. The number of rotatable bonds is 4. The molecule has 0 aliphatic carbocycles. The molecule has 1 N–H and O–H groups in total. The first-order chi connectivity index (χ1) is 11.1. The summed E-state index contributed by atoms with van der Waals surface area (Å²) in [6.07, 6.45) is 0.715. The van der Waals surface area contributed by atoms with Crippen LogP contribution in [0.25, 0.3) is 0 Å². The lowest BCUT2D eigenvalue weighted by molar-refractivity contribution is 0.0800. The third kappa shape index (κ3) is 3.69. The predicted molar refractivity (Wildman–Crippen MR) is 78.8 cm³/mol. The quantitative estimate of drug-likeness (QED) is 0.922. The standard InChI is InChI=1S/C15H19F2N3O3/c16-12(17)8-23-13-11(2-1-5-18-13)19-14(21)20-6-3-15(9-20)4-7-22-10-15/h1-2,5,12H,3-4,6-10H2,(H,19,21). The zero-order chi connectivity index (χ0) is 16.3. The minimum absolute atomic E-state index is 0.000685. The lowest BCUT2D eigenvalue weighted by atomic mass is 9.87. The maximum Gasteiger partial charge on any atom is 0.322 e. The van der Waals surface area contributed by atoms with E-state index in [0.717, 1.165) is 19.4 Å². The second-order valence-electron chi connectivity index (χ2n) is 5.96. The lowest BCUT2D eigenvalue weighted by Crippen LogP contribution is -2.35. The summed E-state index contributed by atoms with van der Waals surface area (Å²) in [5.41, 5.74) is 0.364. The highest BCUT2D eigenvalue weighted by Crippen LogP contribution is 2.38. The van der Waals surface area contributed by atoms with Crippen LogP contribution < -0.4 is 10.1 Å². The fourth-order valence-electron chi connectivity index (χ4n) is 3.02. The van der Waals surface area contributed by atoms with Crippen molar-refractivity contribution < 1.29 is 23.0 Å². The number of carbonyl (C=O) groups is 1. The van der Waals surface area contributed by atoms with Gasteiger partial charge in [-0.15, -0.1) is 0 Å². The second-order valence-corrected chi connectivity index (χ2v) is 5.96. The number of urea groups is 1. The van der Waals surface area contributed by atoms with Crippen LogP contribution in [0, 0.1) is 5.41 Å². The molecular formula is C15H19F2N3O3. The molecule has 126 valence electrons. The number of anilines is 1. The normalized spacial score (nSPS) is 23.7. The fourth-order valence-corrected chi connectivity index (χ4v) is 3.02. The minimum atomic E-state index is -2.60. The molecule has 0 radical (unpaired) electrons. The Morgan fingerprint density at radius 2 is 2.39 bits per heavy atom. The molecule has 3 rings (SSSR count). The van der Waals surface area contributed by atoms with Gasteiger partial charge >= 0.3 is 6.03 Å². The number of carbonyl (C=O) groups excluding carboxylic acids is 1. The molecule has 6 nitrogen and oxygen atoms in total. The third-order valence-corrected chi connectivity index (χ3v) is 4.27. The summed E-state index contributed by atoms with van der Waals surface area (Å²) in [5.74, 6) is -0.000685. The largest absolute Gasteiger partial charge is 0.470 e. The summed E-state index contributed by atoms with van der Waals surface area (Å²) in [6.45, 7) is 1.97. The van der Waals surface area contributed by atoms with Crippen molar-refractivity contribution in [2.75, 3.05) is 38.2 Å². The van der Waals surface area contributed by atoms with Crippen LogP contribution in [0.15, 0.2) is 18.3 Å². The van der Waals surface area contributed by atoms with Gasteiger partial charge in [-0.25, -0.2) is 18.6 Å². The summed E-state index contributed by atoms with van der Waals surface area (Å²) in [7, 11) is 0. The molecule has 1 aromatic heterocycles. The van der Waals surface area contributed by atoms with Crippen molar-refractivity contribution in [3.63, 3.8) is 0 Å². The van der Waals surface area contributed by atoms with E-state index >= 15 is 0 Å². The Kier molecular flexibility index (Phi) is 4.61. The molecule has 2 saturated heterocycles. The number of nitrogens with zero attached hydrogens (tertiary/aromatic N) is 2. The topological polar surface area (TPSA) is 63.7 Å². The van der Waals surface area contributed by atoms with E-state index < -0.39 is 13.0 Å². The van der Waals surface area contributed by atoms with Crippen LogP contribution in [-0.2, 0) is 4.74 Å². The van der Waals surface area contributed by atoms with Crippen LogP contribution in [-0.4, -0.2) is 55.3 Å². The maximum absolute atomic E-state index is 12.4. The molecule has 3 heterocycles. The van der Waals surface area contributed by atoms with Crippen LogP contribution in [0.1, 0.15) is 12.8 Å². The van der Waals surface area contributed by atoms with E-state index in [1.807, 2.05) is 0 Å². The Bertz CT molecular complexity index is 565. The first kappa shape index (κ1) is 15.9. The molecule has 0 aromatic carbocycles. The summed E-state index contributed by atoms with van der Waals surface area (Å²) < 4.78 is 34.9. The highest BCUT2D eigenvalue weighted by Gasteiger charge is 2.42. The van der Waals surface area contributed by atoms with Crippen LogP contribution in [0.5, 0.6) is 5.88 Å². The van der Waals surface area contributed by atoms with E-state index in [-0.39, 0.29) is 17.3 Å². The summed E-state index contributed by atoms with van der Waals surface area (Å²) in [6, 6.07) is 2.92. The van der Waals surface area contributed by atoms with Crippen LogP contribution >= 0.6 is 0 Å². The summed E-state index contributed by atoms with van der Waals surface area (Å²) in [4.78, 5) is 18.0. The molecule has 8 heteroatoms. The Balaban J connectivity index is 1.62. The first-order valence-corrected chi connectivity index (χ1v) is 7.58. The molecule has 23 heavy (non-hydrogen) atoms. The molecule has 1 spiro atoms. The van der Waals surface area contributed by atoms with Crippen molar-refractivity contribution in [1.82, 2.24) is 9.88 Å². The Morgan fingerprint density at radius 3 is 3.13 bits per heavy atom. The van der Waals surface area contributed by atoms with Gasteiger partial charge in [-0.3, -0.25) is 0 Å². The number of halogens is 2. The van der Waals surface area contributed by atoms with E-state index in [1.54, 1.807) is 17.0 Å². The molecule has 0 bridgehead atoms. The highest BCUT2D eigenvalue weighted by molar-refractivity contribution is 5.90. The smallest absolute Gasteiger partial charge is 0.322 e. The summed E-state index contributed by atoms with van der Waals surface area (Å²) >= 11 is 0. The molecule has 1 atom stereocenters. The van der Waals surface area contributed by atoms with E-state index in [1.165, 1.54) is 6.20 Å². The number of hydrogen-bond acceptors (Lipinski definition) is 4. The Labute approximate surface area is 132 Å². The van der Waals surface area contributed by atoms with Crippen LogP contribution in [0.2, 0.25) is 0 Å². The molecule has 1 aromatic rings. The van der Waals surface area contributed by atoms with Gasteiger partial charge in [0.25, 0.3) is 6.43 Å². The third-order valence-electron chi connectivity index (χ3n) is 4.27. The molecule has 2 fully saturated rings. The van der Waals surface area contributed by atoms with Crippen molar-refractivity contribution in [2.24, 2.45) is 5.41 Å². The van der Waals surface area contributed by atoms with Gasteiger partial charge < -0.3 is 19.7 Å². The van der Waals surface area contributed by atoms with Crippen molar-refractivity contribution in [3.05, 3.63) is 18.3 Å². The van der Waals surface area contributed by atoms with Crippen LogP contribution in [0.3, 0.4) is 0 Å². The SMILES string of the molecule is O=C(Nc1cccnc1OCC(F)F)N1CCC2(CCOC2)C1. The number of likely N-dealkylation sites (tertiary alicyclic amines) is 1. The summed E-state index contributed by atoms with van der Waals surface area (Å²) in [5, 5.41) is 2.70. The average molecular weight is 327 g/mol. The van der Waals surface area contributed by atoms with Gasteiger partial charge in [-0.2, -0.15) is 0 Å². The lowest BCUT2D eigenvalue weighted by Gasteiger charge is -2.22. The Morgan fingerprint density at radius 1 is 1.52 bits per heavy atom. The Hall–Kier alpha value is -1.96. The molecule has 0 saturated carbocycles. The molecular weight excluding hydrogens is 308 g/mol. The predicted octanol–water partition coefficient (Wildman–Crippen LogP) is 2.37. The number of amides is 2. The first-order valence-electron chi connectivity index (χ1n) is 7.58. The number of nitrogens with one attached hydrogen (secondary N) is 1. The molecule has 2 amide bonds. The highest BCUT2D eigenvalue weighted by atomic mass is 19.3. The molecule has 2 aliphatic rings. The van der Waals surface area contributed by atoms with Gasteiger partial charge in [0, 0.05) is 31.3 Å².